The molecule has 7 nitrogen and oxygen atoms in total. The first kappa shape index (κ1) is 22.2. The van der Waals surface area contributed by atoms with Crippen molar-refractivity contribution in [1.29, 1.82) is 0 Å². The monoisotopic (exact) mass is 466 g/mol. The quantitative estimate of drug-likeness (QED) is 0.348. The molecule has 2 rings (SSSR count). The number of nitrogens with zero attached hydrogens (tertiary/aromatic N) is 2. The van der Waals surface area contributed by atoms with Crippen molar-refractivity contribution < 1.29 is 14.0 Å². The summed E-state index contributed by atoms with van der Waals surface area (Å²) in [5.74, 6) is 1.68. The average molecular weight is 466 g/mol. The molecule has 1 aliphatic heterocycles. The Morgan fingerprint density at radius 3 is 2.84 bits per heavy atom. The molecule has 1 fully saturated rings. The first-order chi connectivity index (χ1) is 11.6. The number of halogens is 1. The number of aryl methyl sites for hydroxylation is 2. The normalized spacial score (nSPS) is 18.7. The Labute approximate surface area is 167 Å². The lowest BCUT2D eigenvalue weighted by atomic mass is 10.1. The van der Waals surface area contributed by atoms with Crippen molar-refractivity contribution >= 4 is 29.9 Å². The second kappa shape index (κ2) is 11.7. The van der Waals surface area contributed by atoms with Crippen molar-refractivity contribution in [1.82, 2.24) is 15.8 Å². The Balaban J connectivity index is 0.00000312. The minimum absolute atomic E-state index is 0. The smallest absolute Gasteiger partial charge is 0.191 e. The molecular formula is C17H31IN4O3. The first-order valence-electron chi connectivity index (χ1n) is 8.76. The van der Waals surface area contributed by atoms with Gasteiger partial charge in [-0.25, -0.2) is 0 Å². The van der Waals surface area contributed by atoms with Crippen LogP contribution in [0.2, 0.25) is 0 Å². The molecule has 2 heterocycles. The molecule has 25 heavy (non-hydrogen) atoms. The van der Waals surface area contributed by atoms with Gasteiger partial charge in [0.1, 0.15) is 5.76 Å². The molecule has 0 spiro atoms. The van der Waals surface area contributed by atoms with Crippen LogP contribution in [-0.4, -0.2) is 56.2 Å². The summed E-state index contributed by atoms with van der Waals surface area (Å²) in [6, 6.07) is 0.183. The van der Waals surface area contributed by atoms with E-state index in [1.807, 2.05) is 13.8 Å². The van der Waals surface area contributed by atoms with Gasteiger partial charge in [-0.05, 0) is 40.5 Å². The van der Waals surface area contributed by atoms with Crippen LogP contribution in [-0.2, 0) is 15.9 Å². The largest absolute Gasteiger partial charge is 0.379 e. The standard InChI is InChI=1S/C17H30N4O3.HI/c1-5-18-17(19-8-6-16-13(3)21-24-14(16)4)20-12(2)10-23-15-7-9-22-11-15;/h12,15H,5-11H2,1-4H3,(H2,18,19,20);1H. The number of guanidine groups is 1. The lowest BCUT2D eigenvalue weighted by Gasteiger charge is -2.19. The predicted octanol–water partition coefficient (Wildman–Crippen LogP) is 2.20. The van der Waals surface area contributed by atoms with Crippen LogP contribution in [0.25, 0.3) is 0 Å². The zero-order chi connectivity index (χ0) is 17.4. The molecule has 8 heteroatoms. The molecule has 0 radical (unpaired) electrons. The molecule has 2 unspecified atom stereocenters. The van der Waals surface area contributed by atoms with Gasteiger partial charge in [-0.2, -0.15) is 0 Å². The van der Waals surface area contributed by atoms with Gasteiger partial charge >= 0.3 is 0 Å². The topological polar surface area (TPSA) is 80.9 Å². The summed E-state index contributed by atoms with van der Waals surface area (Å²) < 4.78 is 16.4. The van der Waals surface area contributed by atoms with E-state index in [-0.39, 0.29) is 36.1 Å². The summed E-state index contributed by atoms with van der Waals surface area (Å²) in [6.07, 6.45) is 2.04. The third kappa shape index (κ3) is 7.49. The molecule has 0 amide bonds. The molecule has 144 valence electrons. The van der Waals surface area contributed by atoms with Crippen LogP contribution in [0.5, 0.6) is 0 Å². The summed E-state index contributed by atoms with van der Waals surface area (Å²) in [5, 5.41) is 10.6. The van der Waals surface area contributed by atoms with Gasteiger partial charge in [-0.3, -0.25) is 4.99 Å². The van der Waals surface area contributed by atoms with E-state index in [1.54, 1.807) is 0 Å². The number of ether oxygens (including phenoxy) is 2. The fraction of sp³-hybridized carbons (Fsp3) is 0.765. The Kier molecular flexibility index (Phi) is 10.4. The van der Waals surface area contributed by atoms with Crippen LogP contribution in [0.1, 0.15) is 37.3 Å². The van der Waals surface area contributed by atoms with Gasteiger partial charge in [0.15, 0.2) is 5.96 Å². The van der Waals surface area contributed by atoms with Crippen molar-refractivity contribution in [2.75, 3.05) is 32.9 Å². The minimum atomic E-state index is 0. The zero-order valence-corrected chi connectivity index (χ0v) is 18.0. The Morgan fingerprint density at radius 1 is 1.44 bits per heavy atom. The highest BCUT2D eigenvalue weighted by molar-refractivity contribution is 14.0. The lowest BCUT2D eigenvalue weighted by molar-refractivity contribution is 0.0347. The van der Waals surface area contributed by atoms with Crippen molar-refractivity contribution in [3.63, 3.8) is 0 Å². The van der Waals surface area contributed by atoms with E-state index in [9.17, 15) is 0 Å². The molecule has 0 aromatic carbocycles. The van der Waals surface area contributed by atoms with Crippen LogP contribution in [0.4, 0.5) is 0 Å². The van der Waals surface area contributed by atoms with Gasteiger partial charge in [0.2, 0.25) is 0 Å². The van der Waals surface area contributed by atoms with Gasteiger partial charge in [0.25, 0.3) is 0 Å². The Morgan fingerprint density at radius 2 is 2.24 bits per heavy atom. The summed E-state index contributed by atoms with van der Waals surface area (Å²) in [6.45, 7) is 11.7. The molecule has 2 N–H and O–H groups in total. The van der Waals surface area contributed by atoms with Gasteiger partial charge in [-0.15, -0.1) is 24.0 Å². The number of hydrogen-bond acceptors (Lipinski definition) is 5. The zero-order valence-electron chi connectivity index (χ0n) is 15.6. The van der Waals surface area contributed by atoms with E-state index in [0.29, 0.717) is 19.8 Å². The van der Waals surface area contributed by atoms with Crippen molar-refractivity contribution in [2.45, 2.75) is 52.7 Å². The summed E-state index contributed by atoms with van der Waals surface area (Å²) >= 11 is 0. The van der Waals surface area contributed by atoms with Crippen molar-refractivity contribution in [3.05, 3.63) is 17.0 Å². The van der Waals surface area contributed by atoms with Crippen LogP contribution < -0.4 is 10.6 Å². The van der Waals surface area contributed by atoms with Gasteiger partial charge < -0.3 is 24.6 Å². The number of aromatic nitrogens is 1. The minimum Gasteiger partial charge on any atom is -0.379 e. The highest BCUT2D eigenvalue weighted by Crippen LogP contribution is 2.12. The van der Waals surface area contributed by atoms with E-state index in [1.165, 1.54) is 0 Å². The lowest BCUT2D eigenvalue weighted by Crippen LogP contribution is -2.44. The molecule has 1 aliphatic rings. The van der Waals surface area contributed by atoms with E-state index in [4.69, 9.17) is 14.0 Å². The van der Waals surface area contributed by atoms with Crippen molar-refractivity contribution in [2.24, 2.45) is 4.99 Å². The van der Waals surface area contributed by atoms with Crippen LogP contribution in [0.3, 0.4) is 0 Å². The molecule has 1 saturated heterocycles. The van der Waals surface area contributed by atoms with E-state index in [2.05, 4.69) is 34.6 Å². The molecule has 0 saturated carbocycles. The number of rotatable bonds is 8. The van der Waals surface area contributed by atoms with E-state index in [0.717, 1.165) is 49.0 Å². The maximum Gasteiger partial charge on any atom is 0.191 e. The fourth-order valence-corrected chi connectivity index (χ4v) is 2.66. The average Bonchev–Trinajstić information content (AvgIpc) is 3.18. The van der Waals surface area contributed by atoms with Crippen LogP contribution in [0, 0.1) is 13.8 Å². The van der Waals surface area contributed by atoms with Crippen LogP contribution in [0.15, 0.2) is 9.52 Å². The predicted molar refractivity (Wildman–Crippen MR) is 109 cm³/mol. The number of nitrogens with one attached hydrogen (secondary N) is 2. The number of hydrogen-bond donors (Lipinski definition) is 2. The number of aliphatic imine (C=N–C) groups is 1. The fourth-order valence-electron chi connectivity index (χ4n) is 2.66. The first-order valence-corrected chi connectivity index (χ1v) is 8.76. The highest BCUT2D eigenvalue weighted by Gasteiger charge is 2.17. The van der Waals surface area contributed by atoms with Crippen LogP contribution >= 0.6 is 24.0 Å². The summed E-state index contributed by atoms with van der Waals surface area (Å²) in [5.41, 5.74) is 2.09. The molecule has 1 aromatic heterocycles. The second-order valence-corrected chi connectivity index (χ2v) is 6.18. The molecular weight excluding hydrogens is 435 g/mol. The van der Waals surface area contributed by atoms with Gasteiger partial charge in [0.05, 0.1) is 25.0 Å². The molecule has 2 atom stereocenters. The molecule has 0 aliphatic carbocycles. The maximum atomic E-state index is 5.85. The third-order valence-electron chi connectivity index (χ3n) is 4.01. The van der Waals surface area contributed by atoms with E-state index < -0.39 is 0 Å². The third-order valence-corrected chi connectivity index (χ3v) is 4.01. The maximum absolute atomic E-state index is 5.85. The van der Waals surface area contributed by atoms with E-state index >= 15 is 0 Å². The Bertz CT molecular complexity index is 510. The Hall–Kier alpha value is -0.870. The molecule has 0 bridgehead atoms. The summed E-state index contributed by atoms with van der Waals surface area (Å²) in [4.78, 5) is 4.64. The van der Waals surface area contributed by atoms with Crippen molar-refractivity contribution in [3.8, 4) is 0 Å². The highest BCUT2D eigenvalue weighted by atomic mass is 127. The SMILES string of the molecule is CCNC(=NCCc1c(C)noc1C)NC(C)COC1CCOC1.I. The van der Waals surface area contributed by atoms with Gasteiger partial charge in [0, 0.05) is 31.3 Å². The molecule has 1 aromatic rings. The van der Waals surface area contributed by atoms with Gasteiger partial charge in [-0.1, -0.05) is 5.16 Å². The summed E-state index contributed by atoms with van der Waals surface area (Å²) in [7, 11) is 0. The second-order valence-electron chi connectivity index (χ2n) is 6.18.